The molecule has 0 unspecified atom stereocenters. The summed E-state index contributed by atoms with van der Waals surface area (Å²) in [4.78, 5) is 25.8. The molecule has 0 spiro atoms. The molecule has 0 bridgehead atoms. The first-order chi connectivity index (χ1) is 28.2. The minimum absolute atomic E-state index is 0.503. The first-order valence-corrected chi connectivity index (χ1v) is 19.5. The second kappa shape index (κ2) is 12.5. The van der Waals surface area contributed by atoms with Crippen LogP contribution in [0.15, 0.2) is 173 Å². The molecular formula is C49H27N5O2S. The highest BCUT2D eigenvalue weighted by Gasteiger charge is 2.23. The van der Waals surface area contributed by atoms with Gasteiger partial charge in [0.05, 0.1) is 21.5 Å². The van der Waals surface area contributed by atoms with Crippen molar-refractivity contribution in [2.45, 2.75) is 0 Å². The van der Waals surface area contributed by atoms with E-state index in [2.05, 4.69) is 72.8 Å². The van der Waals surface area contributed by atoms with Crippen LogP contribution in [0.3, 0.4) is 0 Å². The topological polar surface area (TPSA) is 90.7 Å². The number of aromatic nitrogens is 5. The van der Waals surface area contributed by atoms with Crippen molar-refractivity contribution < 1.29 is 8.83 Å². The lowest BCUT2D eigenvalue weighted by Gasteiger charge is -2.09. The van der Waals surface area contributed by atoms with Gasteiger partial charge in [-0.25, -0.2) is 24.9 Å². The normalized spacial score (nSPS) is 11.9. The van der Waals surface area contributed by atoms with Gasteiger partial charge < -0.3 is 8.83 Å². The van der Waals surface area contributed by atoms with Crippen LogP contribution in [0.25, 0.3) is 121 Å². The molecule has 0 saturated carbocycles. The number of para-hydroxylation sites is 2. The minimum Gasteiger partial charge on any atom is -0.456 e. The molecule has 7 nitrogen and oxygen atoms in total. The number of nitrogens with zero attached hydrogens (tertiary/aromatic N) is 5. The molecule has 0 radical (unpaired) electrons. The van der Waals surface area contributed by atoms with Gasteiger partial charge in [0, 0.05) is 53.9 Å². The van der Waals surface area contributed by atoms with Gasteiger partial charge in [-0.1, -0.05) is 127 Å². The average molecular weight is 750 g/mol. The monoisotopic (exact) mass is 749 g/mol. The Labute approximate surface area is 328 Å². The fourth-order valence-electron chi connectivity index (χ4n) is 7.92. The smallest absolute Gasteiger partial charge is 0.167 e. The molecule has 0 fully saturated rings. The van der Waals surface area contributed by atoms with E-state index in [1.165, 1.54) is 4.70 Å². The van der Waals surface area contributed by atoms with Crippen molar-refractivity contribution in [1.82, 2.24) is 24.9 Å². The number of fused-ring (bicyclic) bond motifs is 9. The molecule has 7 aromatic carbocycles. The highest BCUT2D eigenvalue weighted by Crippen LogP contribution is 2.43. The lowest BCUT2D eigenvalue weighted by atomic mass is 10.0. The zero-order chi connectivity index (χ0) is 37.5. The van der Waals surface area contributed by atoms with Crippen LogP contribution in [0.1, 0.15) is 0 Å². The van der Waals surface area contributed by atoms with Crippen molar-refractivity contribution >= 4 is 75.5 Å². The van der Waals surface area contributed by atoms with Gasteiger partial charge in [0.25, 0.3) is 0 Å². The van der Waals surface area contributed by atoms with Crippen LogP contribution in [0.5, 0.6) is 0 Å². The quantitative estimate of drug-likeness (QED) is 0.173. The van der Waals surface area contributed by atoms with E-state index in [1.54, 1.807) is 11.3 Å². The third kappa shape index (κ3) is 5.08. The van der Waals surface area contributed by atoms with E-state index in [1.807, 2.05) is 91.0 Å². The van der Waals surface area contributed by atoms with E-state index in [9.17, 15) is 0 Å². The van der Waals surface area contributed by atoms with Gasteiger partial charge in [-0.2, -0.15) is 0 Å². The van der Waals surface area contributed by atoms with E-state index in [0.29, 0.717) is 28.9 Å². The maximum absolute atomic E-state index is 6.77. The summed E-state index contributed by atoms with van der Waals surface area (Å²) in [6.07, 6.45) is 0. The van der Waals surface area contributed by atoms with E-state index in [-0.39, 0.29) is 0 Å². The van der Waals surface area contributed by atoms with Crippen molar-refractivity contribution in [1.29, 1.82) is 0 Å². The van der Waals surface area contributed by atoms with Crippen molar-refractivity contribution in [3.63, 3.8) is 0 Å². The van der Waals surface area contributed by atoms with Crippen LogP contribution < -0.4 is 0 Å². The molecule has 0 aliphatic heterocycles. The minimum atomic E-state index is 0.503. The molecule has 0 N–H and O–H groups in total. The van der Waals surface area contributed by atoms with Gasteiger partial charge in [0.1, 0.15) is 22.3 Å². The fourth-order valence-corrected chi connectivity index (χ4v) is 9.07. The second-order valence-corrected chi connectivity index (χ2v) is 15.0. The summed E-state index contributed by atoms with van der Waals surface area (Å²) in [5.74, 6) is 2.24. The highest BCUT2D eigenvalue weighted by atomic mass is 32.1. The molecule has 5 aromatic heterocycles. The van der Waals surface area contributed by atoms with Crippen LogP contribution in [0.4, 0.5) is 0 Å². The van der Waals surface area contributed by atoms with Crippen molar-refractivity contribution in [2.75, 3.05) is 0 Å². The molecule has 0 amide bonds. The number of benzene rings is 7. The van der Waals surface area contributed by atoms with Crippen molar-refractivity contribution in [2.24, 2.45) is 0 Å². The number of hydrogen-bond acceptors (Lipinski definition) is 8. The number of rotatable bonds is 5. The maximum Gasteiger partial charge on any atom is 0.167 e. The highest BCUT2D eigenvalue weighted by molar-refractivity contribution is 7.26. The third-order valence-corrected chi connectivity index (χ3v) is 11.7. The predicted octanol–water partition coefficient (Wildman–Crippen LogP) is 13.2. The fraction of sp³-hybridized carbons (Fsp3) is 0. The van der Waals surface area contributed by atoms with Crippen LogP contribution >= 0.6 is 11.3 Å². The Kier molecular flexibility index (Phi) is 6.96. The van der Waals surface area contributed by atoms with Gasteiger partial charge in [-0.3, -0.25) is 0 Å². The SMILES string of the molecule is c1ccc(-c2nc(-c3ccc4c(c3)oc3ccccc34)nc(-c3cccc4c3oc3cccc(-c5nc(-c6ccccc6)c6sc7ccccc7c6n5)c34)n2)cc1. The largest absolute Gasteiger partial charge is 0.456 e. The molecule has 12 aromatic rings. The van der Waals surface area contributed by atoms with Gasteiger partial charge in [0.2, 0.25) is 0 Å². The molecule has 0 saturated heterocycles. The molecular weight excluding hydrogens is 723 g/mol. The zero-order valence-corrected chi connectivity index (χ0v) is 30.9. The van der Waals surface area contributed by atoms with Gasteiger partial charge in [-0.15, -0.1) is 11.3 Å². The molecule has 12 rings (SSSR count). The Hall–Kier alpha value is -7.55. The van der Waals surface area contributed by atoms with Crippen molar-refractivity contribution in [3.05, 3.63) is 164 Å². The van der Waals surface area contributed by atoms with Gasteiger partial charge in [-0.05, 0) is 36.4 Å². The molecule has 0 atom stereocenters. The Morgan fingerprint density at radius 3 is 1.88 bits per heavy atom. The van der Waals surface area contributed by atoms with Gasteiger partial charge >= 0.3 is 0 Å². The summed E-state index contributed by atoms with van der Waals surface area (Å²) < 4.78 is 15.3. The number of hydrogen-bond donors (Lipinski definition) is 0. The van der Waals surface area contributed by atoms with E-state index < -0.39 is 0 Å². The Morgan fingerprint density at radius 1 is 0.386 bits per heavy atom. The summed E-state index contributed by atoms with van der Waals surface area (Å²) in [6.45, 7) is 0. The van der Waals surface area contributed by atoms with Gasteiger partial charge in [0.15, 0.2) is 23.3 Å². The summed E-state index contributed by atoms with van der Waals surface area (Å²) in [5.41, 5.74) is 9.26. The van der Waals surface area contributed by atoms with Crippen molar-refractivity contribution in [3.8, 4) is 56.8 Å². The second-order valence-electron chi connectivity index (χ2n) is 14.0. The molecule has 8 heteroatoms. The Bertz CT molecular complexity index is 3540. The number of thiophene rings is 1. The van der Waals surface area contributed by atoms with Crippen LogP contribution in [0, 0.1) is 0 Å². The van der Waals surface area contributed by atoms with Crippen LogP contribution in [-0.4, -0.2) is 24.9 Å². The first-order valence-electron chi connectivity index (χ1n) is 18.7. The Morgan fingerprint density at radius 2 is 1.02 bits per heavy atom. The summed E-state index contributed by atoms with van der Waals surface area (Å²) >= 11 is 1.73. The maximum atomic E-state index is 6.77. The Balaban J connectivity index is 1.07. The van der Waals surface area contributed by atoms with E-state index >= 15 is 0 Å². The van der Waals surface area contributed by atoms with Crippen LogP contribution in [0.2, 0.25) is 0 Å². The molecule has 57 heavy (non-hydrogen) atoms. The molecule has 266 valence electrons. The lowest BCUT2D eigenvalue weighted by molar-refractivity contribution is 0.668. The summed E-state index contributed by atoms with van der Waals surface area (Å²) in [5, 5.41) is 5.08. The standard InChI is InChI=1S/C49H27N5O2S/c1-3-13-28(14-4-1)42-45-43(33-18-8-10-24-40(33)57-45)51-48(50-42)35-20-12-23-38-41(35)34-19-11-21-36(44(34)56-38)49-53-46(29-15-5-2-6-16-29)52-47(54-49)30-25-26-32-31-17-7-9-22-37(31)55-39(32)27-30/h1-27H. The molecule has 0 aliphatic carbocycles. The zero-order valence-electron chi connectivity index (χ0n) is 30.0. The van der Waals surface area contributed by atoms with Crippen LogP contribution in [-0.2, 0) is 0 Å². The number of furan rings is 2. The predicted molar refractivity (Wildman–Crippen MR) is 230 cm³/mol. The van der Waals surface area contributed by atoms with E-state index in [4.69, 9.17) is 33.8 Å². The molecule has 5 heterocycles. The molecule has 0 aliphatic rings. The summed E-state index contributed by atoms with van der Waals surface area (Å²) in [7, 11) is 0. The van der Waals surface area contributed by atoms with E-state index in [0.717, 1.165) is 87.4 Å². The lowest BCUT2D eigenvalue weighted by Crippen LogP contribution is -2.00. The third-order valence-electron chi connectivity index (χ3n) is 10.6. The first kappa shape index (κ1) is 31.8. The average Bonchev–Trinajstić information content (AvgIpc) is 3.97. The summed E-state index contributed by atoms with van der Waals surface area (Å²) in [6, 6.07) is 55.2.